The molecule has 0 unspecified atom stereocenters. The number of benzene rings is 2. The number of carbonyl (C=O) groups excluding carboxylic acids is 1. The van der Waals surface area contributed by atoms with Gasteiger partial charge in [-0.25, -0.2) is 0 Å². The number of rotatable bonds is 7. The zero-order chi connectivity index (χ0) is 19.1. The van der Waals surface area contributed by atoms with Crippen LogP contribution in [0.4, 0.5) is 5.69 Å². The highest BCUT2D eigenvalue weighted by atomic mass is 16.5. The van der Waals surface area contributed by atoms with Crippen LogP contribution in [0.3, 0.4) is 0 Å². The van der Waals surface area contributed by atoms with E-state index in [1.54, 1.807) is 31.4 Å². The van der Waals surface area contributed by atoms with Crippen molar-refractivity contribution >= 4 is 11.6 Å². The molecule has 27 heavy (non-hydrogen) atoms. The minimum Gasteiger partial charge on any atom is -0.493 e. The number of ether oxygens (including phenoxy) is 4. The number of hydrogen-bond acceptors (Lipinski definition) is 5. The third-order valence-corrected chi connectivity index (χ3v) is 4.00. The lowest BCUT2D eigenvalue weighted by molar-refractivity contribution is -0.118. The molecule has 0 aromatic heterocycles. The molecule has 1 aliphatic heterocycles. The molecule has 1 heterocycles. The molecule has 0 saturated carbocycles. The Labute approximate surface area is 158 Å². The van der Waals surface area contributed by atoms with Crippen LogP contribution >= 0.6 is 0 Å². The van der Waals surface area contributed by atoms with Crippen molar-refractivity contribution < 1.29 is 23.7 Å². The summed E-state index contributed by atoms with van der Waals surface area (Å²) in [6, 6.07) is 10.9. The lowest BCUT2D eigenvalue weighted by atomic mass is 10.1. The van der Waals surface area contributed by atoms with Gasteiger partial charge in [0.2, 0.25) is 0 Å². The summed E-state index contributed by atoms with van der Waals surface area (Å²) in [5.41, 5.74) is 1.69. The summed E-state index contributed by atoms with van der Waals surface area (Å²) in [5, 5.41) is 2.80. The number of methoxy groups -OCH3 is 1. The Morgan fingerprint density at radius 2 is 1.96 bits per heavy atom. The summed E-state index contributed by atoms with van der Waals surface area (Å²) in [6.45, 7) is 4.81. The summed E-state index contributed by atoms with van der Waals surface area (Å²) < 4.78 is 22.2. The van der Waals surface area contributed by atoms with Crippen molar-refractivity contribution in [3.63, 3.8) is 0 Å². The van der Waals surface area contributed by atoms with E-state index in [1.807, 2.05) is 18.2 Å². The van der Waals surface area contributed by atoms with Crippen molar-refractivity contribution in [1.82, 2.24) is 0 Å². The maximum absolute atomic E-state index is 12.2. The van der Waals surface area contributed by atoms with E-state index < -0.39 is 0 Å². The first-order chi connectivity index (χ1) is 13.2. The molecule has 3 rings (SSSR count). The van der Waals surface area contributed by atoms with Gasteiger partial charge in [0.05, 0.1) is 20.3 Å². The second-order valence-electron chi connectivity index (χ2n) is 6.03. The van der Waals surface area contributed by atoms with Gasteiger partial charge in [-0.1, -0.05) is 12.1 Å². The van der Waals surface area contributed by atoms with Crippen molar-refractivity contribution in [3.8, 4) is 23.0 Å². The fraction of sp³-hybridized carbons (Fsp3) is 0.286. The van der Waals surface area contributed by atoms with Crippen LogP contribution in [0.25, 0.3) is 0 Å². The van der Waals surface area contributed by atoms with Crippen LogP contribution < -0.4 is 24.3 Å². The van der Waals surface area contributed by atoms with Gasteiger partial charge < -0.3 is 24.3 Å². The van der Waals surface area contributed by atoms with Crippen LogP contribution in [-0.4, -0.2) is 32.8 Å². The first-order valence-corrected chi connectivity index (χ1v) is 8.79. The lowest BCUT2D eigenvalue weighted by Crippen LogP contribution is -2.20. The standard InChI is InChI=1S/C21H23NO5/c1-3-5-15-6-8-17(19(12-15)24-2)27-14-21(23)22-16-7-9-18-20(13-16)26-11-4-10-25-18/h3,6-9,12-13H,1,4-5,10-11,14H2,2H3,(H,22,23). The normalized spacial score (nSPS) is 12.6. The molecule has 1 N–H and O–H groups in total. The Hall–Kier alpha value is -3.15. The van der Waals surface area contributed by atoms with Crippen molar-refractivity contribution in [2.24, 2.45) is 0 Å². The predicted molar refractivity (Wildman–Crippen MR) is 103 cm³/mol. The van der Waals surface area contributed by atoms with Crippen LogP contribution in [0.2, 0.25) is 0 Å². The second kappa shape index (κ2) is 8.98. The van der Waals surface area contributed by atoms with Crippen molar-refractivity contribution in [2.75, 3.05) is 32.2 Å². The Morgan fingerprint density at radius 3 is 2.74 bits per heavy atom. The van der Waals surface area contributed by atoms with Gasteiger partial charge in [0.25, 0.3) is 5.91 Å². The fourth-order valence-corrected chi connectivity index (χ4v) is 2.71. The van der Waals surface area contributed by atoms with Gasteiger partial charge in [-0.2, -0.15) is 0 Å². The molecular formula is C21H23NO5. The molecule has 0 bridgehead atoms. The molecule has 6 heteroatoms. The van der Waals surface area contributed by atoms with Crippen LogP contribution in [0.5, 0.6) is 23.0 Å². The average molecular weight is 369 g/mol. The van der Waals surface area contributed by atoms with E-state index in [4.69, 9.17) is 18.9 Å². The number of carbonyl (C=O) groups is 1. The van der Waals surface area contributed by atoms with Gasteiger partial charge in [0, 0.05) is 18.2 Å². The topological polar surface area (TPSA) is 66.0 Å². The maximum Gasteiger partial charge on any atom is 0.262 e. The molecule has 0 atom stereocenters. The van der Waals surface area contributed by atoms with E-state index in [0.717, 1.165) is 18.4 Å². The smallest absolute Gasteiger partial charge is 0.262 e. The molecule has 1 aliphatic rings. The largest absolute Gasteiger partial charge is 0.493 e. The molecule has 0 fully saturated rings. The zero-order valence-corrected chi connectivity index (χ0v) is 15.3. The van der Waals surface area contributed by atoms with Crippen LogP contribution in [0.15, 0.2) is 49.1 Å². The van der Waals surface area contributed by atoms with Crippen molar-refractivity contribution in [1.29, 1.82) is 0 Å². The summed E-state index contributed by atoms with van der Waals surface area (Å²) in [6.07, 6.45) is 3.39. The minimum absolute atomic E-state index is 0.133. The van der Waals surface area contributed by atoms with E-state index in [9.17, 15) is 4.79 Å². The van der Waals surface area contributed by atoms with Crippen molar-refractivity contribution in [2.45, 2.75) is 12.8 Å². The second-order valence-corrected chi connectivity index (χ2v) is 6.03. The predicted octanol–water partition coefficient (Wildman–Crippen LogP) is 3.60. The highest BCUT2D eigenvalue weighted by Gasteiger charge is 2.13. The summed E-state index contributed by atoms with van der Waals surface area (Å²) >= 11 is 0. The molecule has 0 radical (unpaired) electrons. The van der Waals surface area contributed by atoms with Gasteiger partial charge in [-0.3, -0.25) is 4.79 Å². The van der Waals surface area contributed by atoms with Crippen LogP contribution in [-0.2, 0) is 11.2 Å². The number of hydrogen-bond donors (Lipinski definition) is 1. The quantitative estimate of drug-likeness (QED) is 0.756. The molecule has 142 valence electrons. The third-order valence-electron chi connectivity index (χ3n) is 4.00. The number of fused-ring (bicyclic) bond motifs is 1. The Bertz CT molecular complexity index is 818. The summed E-state index contributed by atoms with van der Waals surface area (Å²) in [4.78, 5) is 12.2. The first-order valence-electron chi connectivity index (χ1n) is 8.79. The van der Waals surface area contributed by atoms with Crippen LogP contribution in [0.1, 0.15) is 12.0 Å². The summed E-state index contributed by atoms with van der Waals surface area (Å²) in [7, 11) is 1.57. The highest BCUT2D eigenvalue weighted by Crippen LogP contribution is 2.32. The molecule has 6 nitrogen and oxygen atoms in total. The lowest BCUT2D eigenvalue weighted by Gasteiger charge is -2.13. The van der Waals surface area contributed by atoms with E-state index in [1.165, 1.54) is 0 Å². The number of nitrogens with one attached hydrogen (secondary N) is 1. The molecule has 0 aliphatic carbocycles. The first kappa shape index (κ1) is 18.6. The Balaban J connectivity index is 1.60. The van der Waals surface area contributed by atoms with Gasteiger partial charge in [0.15, 0.2) is 29.6 Å². The van der Waals surface area contributed by atoms with Gasteiger partial charge in [-0.15, -0.1) is 6.58 Å². The van der Waals surface area contributed by atoms with E-state index >= 15 is 0 Å². The van der Waals surface area contributed by atoms with E-state index in [0.29, 0.717) is 41.9 Å². The third kappa shape index (κ3) is 4.94. The van der Waals surface area contributed by atoms with Crippen molar-refractivity contribution in [3.05, 3.63) is 54.6 Å². The molecule has 1 amide bonds. The molecule has 0 spiro atoms. The SMILES string of the molecule is C=CCc1ccc(OCC(=O)Nc2ccc3c(c2)OCCCO3)c(OC)c1. The fourth-order valence-electron chi connectivity index (χ4n) is 2.71. The monoisotopic (exact) mass is 369 g/mol. The van der Waals surface area contributed by atoms with Gasteiger partial charge >= 0.3 is 0 Å². The number of anilines is 1. The zero-order valence-electron chi connectivity index (χ0n) is 15.3. The van der Waals surface area contributed by atoms with Gasteiger partial charge in [0.1, 0.15) is 0 Å². The molecular weight excluding hydrogens is 346 g/mol. The number of amides is 1. The Morgan fingerprint density at radius 1 is 1.15 bits per heavy atom. The Kier molecular flexibility index (Phi) is 6.20. The molecule has 2 aromatic rings. The highest BCUT2D eigenvalue weighted by molar-refractivity contribution is 5.92. The molecule has 2 aromatic carbocycles. The minimum atomic E-state index is -0.276. The van der Waals surface area contributed by atoms with Crippen LogP contribution in [0, 0.1) is 0 Å². The summed E-state index contributed by atoms with van der Waals surface area (Å²) in [5.74, 6) is 2.13. The van der Waals surface area contributed by atoms with Gasteiger partial charge in [-0.05, 0) is 36.2 Å². The van der Waals surface area contributed by atoms with E-state index in [2.05, 4.69) is 11.9 Å². The average Bonchev–Trinajstić information content (AvgIpc) is 2.92. The number of allylic oxidation sites excluding steroid dienone is 1. The molecule has 0 saturated heterocycles. The maximum atomic E-state index is 12.2. The van der Waals surface area contributed by atoms with E-state index in [-0.39, 0.29) is 12.5 Å².